The van der Waals surface area contributed by atoms with Crippen LogP contribution < -0.4 is 9.80 Å². The number of hydrogen-bond acceptors (Lipinski definition) is 3. The van der Waals surface area contributed by atoms with Crippen LogP contribution in [0.4, 0.5) is 5.69 Å². The molecule has 0 aromatic heterocycles. The minimum Gasteiger partial charge on any atom is -0.465 e. The van der Waals surface area contributed by atoms with Crippen LogP contribution in [0.3, 0.4) is 0 Å². The molecule has 4 heteroatoms. The lowest BCUT2D eigenvalue weighted by atomic mass is 10.1. The lowest BCUT2D eigenvalue weighted by Gasteiger charge is -2.34. The van der Waals surface area contributed by atoms with Gasteiger partial charge in [0.2, 0.25) is 0 Å². The number of carbonyl (C=O) groups excluding carboxylic acids is 1. The van der Waals surface area contributed by atoms with E-state index in [9.17, 15) is 4.79 Å². The van der Waals surface area contributed by atoms with Crippen molar-refractivity contribution in [1.82, 2.24) is 0 Å². The standard InChI is InChI=1S/C21H26N2O2/c1-16-5-4-6-20(17(16)2)23-13-11-22(12-14-23)15-18-7-9-19(10-8-18)21(24)25-3/h4-10H,11-15H2,1-3H3/p+1. The number of esters is 1. The van der Waals surface area contributed by atoms with Gasteiger partial charge in [0, 0.05) is 11.3 Å². The second-order valence-corrected chi connectivity index (χ2v) is 6.82. The Balaban J connectivity index is 1.57. The van der Waals surface area contributed by atoms with E-state index in [-0.39, 0.29) is 5.97 Å². The molecule has 0 spiro atoms. The van der Waals surface area contributed by atoms with Crippen LogP contribution in [-0.2, 0) is 11.3 Å². The van der Waals surface area contributed by atoms with Gasteiger partial charge < -0.3 is 14.5 Å². The van der Waals surface area contributed by atoms with Gasteiger partial charge in [-0.3, -0.25) is 0 Å². The first-order valence-corrected chi connectivity index (χ1v) is 8.90. The van der Waals surface area contributed by atoms with Gasteiger partial charge in [0.1, 0.15) is 6.54 Å². The van der Waals surface area contributed by atoms with Crippen LogP contribution in [0.25, 0.3) is 0 Å². The average molecular weight is 339 g/mol. The van der Waals surface area contributed by atoms with Crippen LogP contribution in [0.1, 0.15) is 27.0 Å². The van der Waals surface area contributed by atoms with Crippen LogP contribution in [0.2, 0.25) is 0 Å². The molecule has 2 aromatic carbocycles. The number of carbonyl (C=O) groups is 1. The molecule has 1 aliphatic rings. The molecule has 4 nitrogen and oxygen atoms in total. The van der Waals surface area contributed by atoms with E-state index < -0.39 is 0 Å². The van der Waals surface area contributed by atoms with E-state index >= 15 is 0 Å². The van der Waals surface area contributed by atoms with Gasteiger partial charge >= 0.3 is 5.97 Å². The maximum Gasteiger partial charge on any atom is 0.337 e. The highest BCUT2D eigenvalue weighted by Crippen LogP contribution is 2.22. The summed E-state index contributed by atoms with van der Waals surface area (Å²) in [5.74, 6) is -0.277. The average Bonchev–Trinajstić information content (AvgIpc) is 2.65. The zero-order valence-corrected chi connectivity index (χ0v) is 15.3. The first-order chi connectivity index (χ1) is 12.1. The molecule has 0 amide bonds. The Hall–Kier alpha value is -2.33. The van der Waals surface area contributed by atoms with Gasteiger partial charge in [-0.1, -0.05) is 24.3 Å². The Kier molecular flexibility index (Phi) is 5.39. The molecular weight excluding hydrogens is 312 g/mol. The molecule has 132 valence electrons. The predicted molar refractivity (Wildman–Crippen MR) is 100 cm³/mol. The minimum atomic E-state index is -0.277. The highest BCUT2D eigenvalue weighted by molar-refractivity contribution is 5.89. The summed E-state index contributed by atoms with van der Waals surface area (Å²) in [6.07, 6.45) is 0. The summed E-state index contributed by atoms with van der Waals surface area (Å²) in [5, 5.41) is 0. The molecule has 1 saturated heterocycles. The molecule has 0 atom stereocenters. The van der Waals surface area contributed by atoms with E-state index in [0.717, 1.165) is 32.7 Å². The molecule has 0 bridgehead atoms. The molecule has 25 heavy (non-hydrogen) atoms. The summed E-state index contributed by atoms with van der Waals surface area (Å²) < 4.78 is 4.75. The first-order valence-electron chi connectivity index (χ1n) is 8.90. The zero-order chi connectivity index (χ0) is 17.8. The summed E-state index contributed by atoms with van der Waals surface area (Å²) in [6.45, 7) is 9.82. The monoisotopic (exact) mass is 339 g/mol. The summed E-state index contributed by atoms with van der Waals surface area (Å²) in [5.41, 5.74) is 6.01. The summed E-state index contributed by atoms with van der Waals surface area (Å²) in [4.78, 5) is 15.6. The fourth-order valence-electron chi connectivity index (χ4n) is 3.48. The summed E-state index contributed by atoms with van der Waals surface area (Å²) in [7, 11) is 1.41. The van der Waals surface area contributed by atoms with Crippen LogP contribution in [0.15, 0.2) is 42.5 Å². The number of aryl methyl sites for hydroxylation is 1. The highest BCUT2D eigenvalue weighted by Gasteiger charge is 2.21. The van der Waals surface area contributed by atoms with Crippen molar-refractivity contribution in [3.05, 3.63) is 64.7 Å². The summed E-state index contributed by atoms with van der Waals surface area (Å²) >= 11 is 0. The number of hydrogen-bond donors (Lipinski definition) is 1. The van der Waals surface area contributed by atoms with Gasteiger partial charge in [-0.25, -0.2) is 4.79 Å². The molecule has 1 N–H and O–H groups in total. The third kappa shape index (κ3) is 4.02. The number of piperazine rings is 1. The van der Waals surface area contributed by atoms with Gasteiger partial charge in [0.25, 0.3) is 0 Å². The number of nitrogens with one attached hydrogen (secondary N) is 1. The topological polar surface area (TPSA) is 34.0 Å². The van der Waals surface area contributed by atoms with Crippen LogP contribution in [-0.4, -0.2) is 39.3 Å². The molecule has 0 unspecified atom stereocenters. The fourth-order valence-corrected chi connectivity index (χ4v) is 3.48. The maximum absolute atomic E-state index is 11.5. The van der Waals surface area contributed by atoms with Gasteiger partial charge in [0.05, 0.1) is 38.9 Å². The van der Waals surface area contributed by atoms with Gasteiger partial charge in [-0.05, 0) is 43.2 Å². The first kappa shape index (κ1) is 17.5. The number of nitrogens with zero attached hydrogens (tertiary/aromatic N) is 1. The van der Waals surface area contributed by atoms with Gasteiger partial charge in [0.15, 0.2) is 0 Å². The van der Waals surface area contributed by atoms with E-state index in [4.69, 9.17) is 4.74 Å². The molecule has 1 heterocycles. The van der Waals surface area contributed by atoms with E-state index in [2.05, 4.69) is 36.9 Å². The normalized spacial score (nSPS) is 15.2. The van der Waals surface area contributed by atoms with E-state index in [1.54, 1.807) is 4.90 Å². The number of anilines is 1. The van der Waals surface area contributed by atoms with Crippen LogP contribution >= 0.6 is 0 Å². The second-order valence-electron chi connectivity index (χ2n) is 6.82. The Bertz CT molecular complexity index is 732. The van der Waals surface area contributed by atoms with E-state index in [0.29, 0.717) is 5.56 Å². The van der Waals surface area contributed by atoms with Crippen molar-refractivity contribution in [2.75, 3.05) is 38.2 Å². The number of quaternary nitrogens is 1. The highest BCUT2D eigenvalue weighted by atomic mass is 16.5. The van der Waals surface area contributed by atoms with E-state index in [1.165, 1.54) is 29.5 Å². The lowest BCUT2D eigenvalue weighted by Crippen LogP contribution is -3.13. The zero-order valence-electron chi connectivity index (χ0n) is 15.3. The van der Waals surface area contributed by atoms with Crippen molar-refractivity contribution < 1.29 is 14.4 Å². The molecule has 0 radical (unpaired) electrons. The quantitative estimate of drug-likeness (QED) is 0.865. The third-order valence-electron chi connectivity index (χ3n) is 5.22. The van der Waals surface area contributed by atoms with Gasteiger partial charge in [-0.2, -0.15) is 0 Å². The second kappa shape index (κ2) is 7.70. The van der Waals surface area contributed by atoms with Gasteiger partial charge in [-0.15, -0.1) is 0 Å². The maximum atomic E-state index is 11.5. The predicted octanol–water partition coefficient (Wildman–Crippen LogP) is 2.00. The number of ether oxygens (including phenoxy) is 1. The van der Waals surface area contributed by atoms with E-state index in [1.807, 2.05) is 24.3 Å². The van der Waals surface area contributed by atoms with Crippen LogP contribution in [0.5, 0.6) is 0 Å². The van der Waals surface area contributed by atoms with Crippen LogP contribution in [0, 0.1) is 13.8 Å². The summed E-state index contributed by atoms with van der Waals surface area (Å²) in [6, 6.07) is 14.4. The molecule has 3 rings (SSSR count). The Morgan fingerprint density at radius 3 is 2.40 bits per heavy atom. The SMILES string of the molecule is COC(=O)c1ccc(C[NH+]2CCN(c3cccc(C)c3C)CC2)cc1. The molecule has 1 fully saturated rings. The van der Waals surface area contributed by atoms with Crippen molar-refractivity contribution >= 4 is 11.7 Å². The Morgan fingerprint density at radius 2 is 1.76 bits per heavy atom. The largest absolute Gasteiger partial charge is 0.465 e. The van der Waals surface area contributed by atoms with Crippen molar-refractivity contribution in [1.29, 1.82) is 0 Å². The minimum absolute atomic E-state index is 0.277. The van der Waals surface area contributed by atoms with Crippen molar-refractivity contribution in [3.63, 3.8) is 0 Å². The third-order valence-corrected chi connectivity index (χ3v) is 5.22. The van der Waals surface area contributed by atoms with Crippen molar-refractivity contribution in [2.24, 2.45) is 0 Å². The smallest absolute Gasteiger partial charge is 0.337 e. The fraction of sp³-hybridized carbons (Fsp3) is 0.381. The Morgan fingerprint density at radius 1 is 1.08 bits per heavy atom. The van der Waals surface area contributed by atoms with Crippen molar-refractivity contribution in [3.8, 4) is 0 Å². The Labute approximate surface area is 150 Å². The number of methoxy groups -OCH3 is 1. The molecule has 2 aromatic rings. The van der Waals surface area contributed by atoms with Crippen molar-refractivity contribution in [2.45, 2.75) is 20.4 Å². The molecular formula is C21H27N2O2+. The number of benzene rings is 2. The number of rotatable bonds is 4. The molecule has 0 saturated carbocycles. The molecule has 1 aliphatic heterocycles. The molecule has 0 aliphatic carbocycles. The lowest BCUT2D eigenvalue weighted by molar-refractivity contribution is -0.914.